The van der Waals surface area contributed by atoms with Crippen LogP contribution in [0, 0.1) is 11.2 Å². The standard InChI is InChI=1S/C11H15BrFN/c1-11(2,3)10(14)8-6-7(13)4-5-9(8)12/h4-6,10H,14H2,1-3H3/t10-/m0/s1. The van der Waals surface area contributed by atoms with E-state index in [1.54, 1.807) is 6.07 Å². The highest BCUT2D eigenvalue weighted by molar-refractivity contribution is 9.10. The monoisotopic (exact) mass is 259 g/mol. The van der Waals surface area contributed by atoms with Crippen LogP contribution in [0.2, 0.25) is 0 Å². The van der Waals surface area contributed by atoms with Crippen molar-refractivity contribution in [3.63, 3.8) is 0 Å². The molecule has 1 nitrogen and oxygen atoms in total. The molecule has 0 radical (unpaired) electrons. The van der Waals surface area contributed by atoms with Crippen molar-refractivity contribution < 1.29 is 4.39 Å². The fourth-order valence-corrected chi connectivity index (χ4v) is 1.71. The van der Waals surface area contributed by atoms with E-state index in [-0.39, 0.29) is 17.3 Å². The third-order valence-corrected chi connectivity index (χ3v) is 2.95. The third kappa shape index (κ3) is 2.55. The molecule has 0 aliphatic heterocycles. The molecular formula is C11H15BrFN. The van der Waals surface area contributed by atoms with Crippen LogP contribution in [0.4, 0.5) is 4.39 Å². The molecule has 0 spiro atoms. The molecule has 3 heteroatoms. The zero-order valence-corrected chi connectivity index (χ0v) is 10.2. The van der Waals surface area contributed by atoms with Gasteiger partial charge in [0.15, 0.2) is 0 Å². The Hall–Kier alpha value is -0.410. The molecule has 14 heavy (non-hydrogen) atoms. The fraction of sp³-hybridized carbons (Fsp3) is 0.455. The first kappa shape index (κ1) is 11.7. The average Bonchev–Trinajstić information content (AvgIpc) is 2.06. The van der Waals surface area contributed by atoms with Gasteiger partial charge in [-0.15, -0.1) is 0 Å². The van der Waals surface area contributed by atoms with Gasteiger partial charge in [0, 0.05) is 10.5 Å². The summed E-state index contributed by atoms with van der Waals surface area (Å²) in [6.07, 6.45) is 0. The minimum absolute atomic E-state index is 0.0731. The number of benzene rings is 1. The van der Waals surface area contributed by atoms with Gasteiger partial charge in [-0.05, 0) is 29.2 Å². The van der Waals surface area contributed by atoms with Crippen molar-refractivity contribution in [1.82, 2.24) is 0 Å². The Bertz CT molecular complexity index is 331. The lowest BCUT2D eigenvalue weighted by molar-refractivity contribution is 0.325. The summed E-state index contributed by atoms with van der Waals surface area (Å²) >= 11 is 3.38. The largest absolute Gasteiger partial charge is 0.323 e. The molecule has 0 amide bonds. The Morgan fingerprint density at radius 1 is 1.36 bits per heavy atom. The molecule has 0 saturated heterocycles. The van der Waals surface area contributed by atoms with Crippen LogP contribution in [0.3, 0.4) is 0 Å². The van der Waals surface area contributed by atoms with E-state index in [9.17, 15) is 4.39 Å². The van der Waals surface area contributed by atoms with E-state index in [4.69, 9.17) is 5.73 Å². The van der Waals surface area contributed by atoms with Crippen LogP contribution in [-0.4, -0.2) is 0 Å². The molecule has 0 bridgehead atoms. The summed E-state index contributed by atoms with van der Waals surface area (Å²) < 4.78 is 13.9. The Morgan fingerprint density at radius 3 is 2.43 bits per heavy atom. The van der Waals surface area contributed by atoms with Crippen LogP contribution in [0.15, 0.2) is 22.7 Å². The van der Waals surface area contributed by atoms with E-state index >= 15 is 0 Å². The first-order valence-electron chi connectivity index (χ1n) is 4.53. The van der Waals surface area contributed by atoms with Gasteiger partial charge < -0.3 is 5.73 Å². The van der Waals surface area contributed by atoms with Gasteiger partial charge in [-0.25, -0.2) is 4.39 Å². The third-order valence-electron chi connectivity index (χ3n) is 2.23. The molecule has 1 atom stereocenters. The molecular weight excluding hydrogens is 245 g/mol. The number of hydrogen-bond acceptors (Lipinski definition) is 1. The molecule has 78 valence electrons. The Labute approximate surface area is 92.6 Å². The lowest BCUT2D eigenvalue weighted by Gasteiger charge is -2.28. The van der Waals surface area contributed by atoms with Crippen LogP contribution in [0.1, 0.15) is 32.4 Å². The van der Waals surface area contributed by atoms with Crippen LogP contribution >= 0.6 is 15.9 Å². The normalized spacial score (nSPS) is 14.1. The van der Waals surface area contributed by atoms with Crippen LogP contribution in [-0.2, 0) is 0 Å². The van der Waals surface area contributed by atoms with Crippen LogP contribution < -0.4 is 5.73 Å². The predicted octanol–water partition coefficient (Wildman–Crippen LogP) is 3.63. The molecule has 0 fully saturated rings. The van der Waals surface area contributed by atoms with Gasteiger partial charge in [0.05, 0.1) is 0 Å². The van der Waals surface area contributed by atoms with Crippen molar-refractivity contribution in [3.8, 4) is 0 Å². The highest BCUT2D eigenvalue weighted by Gasteiger charge is 2.24. The minimum Gasteiger partial charge on any atom is -0.323 e. The van der Waals surface area contributed by atoms with E-state index < -0.39 is 0 Å². The summed E-state index contributed by atoms with van der Waals surface area (Å²) in [6.45, 7) is 6.11. The maximum Gasteiger partial charge on any atom is 0.123 e. The molecule has 1 rings (SSSR count). The van der Waals surface area contributed by atoms with Crippen molar-refractivity contribution in [1.29, 1.82) is 0 Å². The van der Waals surface area contributed by atoms with Gasteiger partial charge in [-0.2, -0.15) is 0 Å². The van der Waals surface area contributed by atoms with Gasteiger partial charge in [-0.1, -0.05) is 36.7 Å². The van der Waals surface area contributed by atoms with Crippen molar-refractivity contribution in [3.05, 3.63) is 34.1 Å². The second kappa shape index (κ2) is 3.99. The zero-order chi connectivity index (χ0) is 10.9. The first-order valence-corrected chi connectivity index (χ1v) is 5.32. The lowest BCUT2D eigenvalue weighted by Crippen LogP contribution is -2.26. The maximum atomic E-state index is 13.0. The van der Waals surface area contributed by atoms with E-state index in [1.807, 2.05) is 20.8 Å². The highest BCUT2D eigenvalue weighted by Crippen LogP contribution is 2.34. The van der Waals surface area contributed by atoms with Crippen molar-refractivity contribution in [2.45, 2.75) is 26.8 Å². The van der Waals surface area contributed by atoms with Crippen molar-refractivity contribution in [2.75, 3.05) is 0 Å². The van der Waals surface area contributed by atoms with Crippen molar-refractivity contribution in [2.24, 2.45) is 11.1 Å². The van der Waals surface area contributed by atoms with Crippen LogP contribution in [0.5, 0.6) is 0 Å². The number of nitrogens with two attached hydrogens (primary N) is 1. The Kier molecular flexibility index (Phi) is 3.32. The van der Waals surface area contributed by atoms with Gasteiger partial charge in [0.25, 0.3) is 0 Å². The van der Waals surface area contributed by atoms with E-state index in [2.05, 4.69) is 15.9 Å². The van der Waals surface area contributed by atoms with E-state index in [0.717, 1.165) is 10.0 Å². The highest BCUT2D eigenvalue weighted by atomic mass is 79.9. The van der Waals surface area contributed by atoms with Crippen molar-refractivity contribution >= 4 is 15.9 Å². The van der Waals surface area contributed by atoms with Crippen LogP contribution in [0.25, 0.3) is 0 Å². The Balaban J connectivity index is 3.12. The molecule has 0 aliphatic rings. The summed E-state index contributed by atoms with van der Waals surface area (Å²) in [5, 5.41) is 0. The first-order chi connectivity index (χ1) is 6.32. The second-order valence-electron chi connectivity index (χ2n) is 4.51. The molecule has 0 unspecified atom stereocenters. The van der Waals surface area contributed by atoms with E-state index in [0.29, 0.717) is 0 Å². The lowest BCUT2D eigenvalue weighted by atomic mass is 9.83. The van der Waals surface area contributed by atoms with E-state index in [1.165, 1.54) is 12.1 Å². The number of rotatable bonds is 1. The molecule has 0 aromatic heterocycles. The molecule has 1 aromatic rings. The maximum absolute atomic E-state index is 13.0. The summed E-state index contributed by atoms with van der Waals surface area (Å²) in [4.78, 5) is 0. The summed E-state index contributed by atoms with van der Waals surface area (Å²) in [7, 11) is 0. The van der Waals surface area contributed by atoms with Gasteiger partial charge in [-0.3, -0.25) is 0 Å². The number of hydrogen-bond donors (Lipinski definition) is 1. The molecule has 0 saturated carbocycles. The minimum atomic E-state index is -0.247. The smallest absolute Gasteiger partial charge is 0.123 e. The average molecular weight is 260 g/mol. The van der Waals surface area contributed by atoms with Gasteiger partial charge in [0.1, 0.15) is 5.82 Å². The van der Waals surface area contributed by atoms with Gasteiger partial charge >= 0.3 is 0 Å². The summed E-state index contributed by atoms with van der Waals surface area (Å²) in [5.74, 6) is -0.247. The van der Waals surface area contributed by atoms with Gasteiger partial charge in [0.2, 0.25) is 0 Å². The fourth-order valence-electron chi connectivity index (χ4n) is 1.22. The molecule has 0 heterocycles. The summed E-state index contributed by atoms with van der Waals surface area (Å²) in [6, 6.07) is 4.42. The molecule has 1 aromatic carbocycles. The summed E-state index contributed by atoms with van der Waals surface area (Å²) in [5.41, 5.74) is 6.79. The zero-order valence-electron chi connectivity index (χ0n) is 8.64. The topological polar surface area (TPSA) is 26.0 Å². The molecule has 2 N–H and O–H groups in total. The Morgan fingerprint density at radius 2 is 1.93 bits per heavy atom. The predicted molar refractivity (Wildman–Crippen MR) is 60.5 cm³/mol. The quantitative estimate of drug-likeness (QED) is 0.819. The number of halogens is 2. The second-order valence-corrected chi connectivity index (χ2v) is 5.36. The SMILES string of the molecule is CC(C)(C)[C@@H](N)c1cc(F)ccc1Br. The molecule has 0 aliphatic carbocycles.